The topological polar surface area (TPSA) is 56.9 Å². The molecule has 1 N–H and O–H groups in total. The Kier molecular flexibility index (Phi) is 6.68. The summed E-state index contributed by atoms with van der Waals surface area (Å²) in [4.78, 5) is 13.6. The van der Waals surface area contributed by atoms with Crippen molar-refractivity contribution in [1.82, 2.24) is 20.1 Å². The summed E-state index contributed by atoms with van der Waals surface area (Å²) in [7, 11) is 3.88. The summed E-state index contributed by atoms with van der Waals surface area (Å²) in [6.45, 7) is 5.81. The Labute approximate surface area is 159 Å². The fraction of sp³-hybridized carbons (Fsp3) is 0.579. The molecule has 0 aromatic carbocycles. The van der Waals surface area contributed by atoms with E-state index in [1.807, 2.05) is 27.1 Å². The van der Waals surface area contributed by atoms with Crippen LogP contribution in [0.1, 0.15) is 41.8 Å². The number of hydrogen-bond acceptors (Lipinski definition) is 5. The van der Waals surface area contributed by atoms with Crippen LogP contribution in [0.4, 0.5) is 0 Å². The van der Waals surface area contributed by atoms with Crippen molar-refractivity contribution in [2.75, 3.05) is 33.7 Å². The summed E-state index contributed by atoms with van der Waals surface area (Å²) in [6, 6.07) is 4.28. The van der Waals surface area contributed by atoms with Gasteiger partial charge in [-0.25, -0.2) is 4.98 Å². The summed E-state index contributed by atoms with van der Waals surface area (Å²) >= 11 is 1.68. The fourth-order valence-corrected chi connectivity index (χ4v) is 4.10. The van der Waals surface area contributed by atoms with Gasteiger partial charge in [0.15, 0.2) is 5.96 Å². The molecule has 1 aliphatic rings. The lowest BCUT2D eigenvalue weighted by atomic mass is 10.1. The molecule has 1 fully saturated rings. The van der Waals surface area contributed by atoms with Crippen molar-refractivity contribution in [2.45, 2.75) is 38.8 Å². The van der Waals surface area contributed by atoms with Gasteiger partial charge in [-0.3, -0.25) is 9.89 Å². The van der Waals surface area contributed by atoms with Gasteiger partial charge >= 0.3 is 0 Å². The summed E-state index contributed by atoms with van der Waals surface area (Å²) < 4.78 is 5.73. The molecule has 0 saturated carbocycles. The van der Waals surface area contributed by atoms with E-state index >= 15 is 0 Å². The van der Waals surface area contributed by atoms with Gasteiger partial charge in [-0.2, -0.15) is 0 Å². The molecule has 1 aliphatic heterocycles. The normalized spacial score (nSPS) is 17.3. The summed E-state index contributed by atoms with van der Waals surface area (Å²) in [5, 5.41) is 6.74. The van der Waals surface area contributed by atoms with Gasteiger partial charge in [0.05, 0.1) is 29.6 Å². The number of guanidine groups is 1. The smallest absolute Gasteiger partial charge is 0.193 e. The number of aryl methyl sites for hydroxylation is 1. The van der Waals surface area contributed by atoms with Gasteiger partial charge in [-0.15, -0.1) is 11.3 Å². The molecule has 26 heavy (non-hydrogen) atoms. The zero-order valence-corrected chi connectivity index (χ0v) is 16.8. The van der Waals surface area contributed by atoms with Crippen LogP contribution in [0, 0.1) is 6.92 Å². The molecule has 7 heteroatoms. The molecule has 2 aromatic rings. The number of nitrogens with one attached hydrogen (secondary N) is 1. The van der Waals surface area contributed by atoms with Crippen LogP contribution in [0.25, 0.3) is 0 Å². The largest absolute Gasteiger partial charge is 0.468 e. The highest BCUT2D eigenvalue weighted by molar-refractivity contribution is 7.09. The predicted molar refractivity (Wildman–Crippen MR) is 107 cm³/mol. The number of aliphatic imine (C=N–C) groups is 1. The minimum absolute atomic E-state index is 0.233. The Bertz CT molecular complexity index is 691. The second-order valence-corrected chi connectivity index (χ2v) is 7.83. The van der Waals surface area contributed by atoms with Gasteiger partial charge in [0, 0.05) is 26.0 Å². The number of hydrogen-bond donors (Lipinski definition) is 1. The Morgan fingerprint density at radius 1 is 1.42 bits per heavy atom. The molecule has 1 saturated heterocycles. The lowest BCUT2D eigenvalue weighted by Crippen LogP contribution is -2.44. The standard InChI is InChI=1S/C19H29N5OS/c1-15-22-16(14-26-15)13-23(3)19(20-2)21-12-17(18-8-7-11-25-18)24-9-5-4-6-10-24/h7-8,11,14,17H,4-6,9-10,12-13H2,1-3H3,(H,20,21). The molecule has 0 bridgehead atoms. The molecule has 142 valence electrons. The van der Waals surface area contributed by atoms with E-state index in [4.69, 9.17) is 4.42 Å². The second kappa shape index (κ2) is 9.19. The zero-order chi connectivity index (χ0) is 18.4. The molecular formula is C19H29N5OS. The molecule has 3 rings (SSSR count). The van der Waals surface area contributed by atoms with E-state index in [0.29, 0.717) is 0 Å². The van der Waals surface area contributed by atoms with E-state index in [1.54, 1.807) is 17.6 Å². The van der Waals surface area contributed by atoms with Crippen molar-refractivity contribution in [2.24, 2.45) is 4.99 Å². The van der Waals surface area contributed by atoms with Crippen LogP contribution in [0.3, 0.4) is 0 Å². The number of rotatable bonds is 6. The minimum Gasteiger partial charge on any atom is -0.468 e. The number of piperidine rings is 1. The van der Waals surface area contributed by atoms with Crippen molar-refractivity contribution in [3.63, 3.8) is 0 Å². The predicted octanol–water partition coefficient (Wildman–Crippen LogP) is 3.28. The first kappa shape index (κ1) is 18.9. The average Bonchev–Trinajstić information content (AvgIpc) is 3.31. The maximum absolute atomic E-state index is 5.73. The maximum Gasteiger partial charge on any atom is 0.193 e. The van der Waals surface area contributed by atoms with E-state index < -0.39 is 0 Å². The quantitative estimate of drug-likeness (QED) is 0.620. The molecule has 1 unspecified atom stereocenters. The molecule has 0 radical (unpaired) electrons. The van der Waals surface area contributed by atoms with Crippen LogP contribution in [0.5, 0.6) is 0 Å². The Morgan fingerprint density at radius 2 is 2.23 bits per heavy atom. The molecule has 0 amide bonds. The van der Waals surface area contributed by atoms with Crippen LogP contribution in [0.15, 0.2) is 33.2 Å². The first-order valence-electron chi connectivity index (χ1n) is 9.27. The van der Waals surface area contributed by atoms with Gasteiger partial charge < -0.3 is 14.6 Å². The van der Waals surface area contributed by atoms with Crippen LogP contribution in [-0.2, 0) is 6.54 Å². The molecular weight excluding hydrogens is 346 g/mol. The van der Waals surface area contributed by atoms with Crippen molar-refractivity contribution in [3.8, 4) is 0 Å². The van der Waals surface area contributed by atoms with Crippen LogP contribution in [0.2, 0.25) is 0 Å². The Hall–Kier alpha value is -1.86. The zero-order valence-electron chi connectivity index (χ0n) is 15.9. The van der Waals surface area contributed by atoms with Crippen LogP contribution in [-0.4, -0.2) is 54.5 Å². The SMILES string of the molecule is CN=C(NCC(c1ccco1)N1CCCCC1)N(C)Cc1csc(C)n1. The van der Waals surface area contributed by atoms with E-state index in [2.05, 4.69) is 36.5 Å². The van der Waals surface area contributed by atoms with Gasteiger partial charge in [0.25, 0.3) is 0 Å². The van der Waals surface area contributed by atoms with E-state index in [0.717, 1.165) is 48.6 Å². The fourth-order valence-electron chi connectivity index (χ4n) is 3.49. The minimum atomic E-state index is 0.233. The third-order valence-corrected chi connectivity index (χ3v) is 5.62. The Balaban J connectivity index is 1.62. The van der Waals surface area contributed by atoms with Crippen molar-refractivity contribution in [1.29, 1.82) is 0 Å². The van der Waals surface area contributed by atoms with E-state index in [9.17, 15) is 0 Å². The highest BCUT2D eigenvalue weighted by Crippen LogP contribution is 2.24. The molecule has 2 aromatic heterocycles. The maximum atomic E-state index is 5.73. The van der Waals surface area contributed by atoms with Crippen molar-refractivity contribution >= 4 is 17.3 Å². The van der Waals surface area contributed by atoms with Gasteiger partial charge in [-0.05, 0) is 45.0 Å². The highest BCUT2D eigenvalue weighted by Gasteiger charge is 2.25. The van der Waals surface area contributed by atoms with Gasteiger partial charge in [0.1, 0.15) is 5.76 Å². The average molecular weight is 376 g/mol. The van der Waals surface area contributed by atoms with E-state index in [1.165, 1.54) is 19.3 Å². The van der Waals surface area contributed by atoms with Crippen LogP contribution >= 0.6 is 11.3 Å². The first-order chi connectivity index (χ1) is 12.7. The van der Waals surface area contributed by atoms with Crippen LogP contribution < -0.4 is 5.32 Å². The third kappa shape index (κ3) is 4.86. The Morgan fingerprint density at radius 3 is 2.85 bits per heavy atom. The molecule has 0 aliphatic carbocycles. The van der Waals surface area contributed by atoms with E-state index in [-0.39, 0.29) is 6.04 Å². The van der Waals surface area contributed by atoms with Gasteiger partial charge in [-0.1, -0.05) is 6.42 Å². The third-order valence-electron chi connectivity index (χ3n) is 4.80. The number of thiazole rings is 1. The van der Waals surface area contributed by atoms with Crippen molar-refractivity contribution < 1.29 is 4.42 Å². The number of aromatic nitrogens is 1. The monoisotopic (exact) mass is 375 g/mol. The van der Waals surface area contributed by atoms with Gasteiger partial charge in [0.2, 0.25) is 0 Å². The number of furan rings is 1. The molecule has 3 heterocycles. The molecule has 1 atom stereocenters. The number of likely N-dealkylation sites (tertiary alicyclic amines) is 1. The first-order valence-corrected chi connectivity index (χ1v) is 10.2. The molecule has 0 spiro atoms. The second-order valence-electron chi connectivity index (χ2n) is 6.77. The summed E-state index contributed by atoms with van der Waals surface area (Å²) in [6.07, 6.45) is 5.61. The highest BCUT2D eigenvalue weighted by atomic mass is 32.1. The number of nitrogens with zero attached hydrogens (tertiary/aromatic N) is 4. The van der Waals surface area contributed by atoms with Crippen molar-refractivity contribution in [3.05, 3.63) is 40.2 Å². The summed E-state index contributed by atoms with van der Waals surface area (Å²) in [5.41, 5.74) is 1.08. The lowest BCUT2D eigenvalue weighted by molar-refractivity contribution is 0.146. The molecule has 6 nitrogen and oxygen atoms in total. The summed E-state index contributed by atoms with van der Waals surface area (Å²) in [5.74, 6) is 1.90. The lowest BCUT2D eigenvalue weighted by Gasteiger charge is -2.34.